The molecule has 2 aromatic heterocycles. The number of nitrogens with zero attached hydrogens (tertiary/aromatic N) is 3. The van der Waals surface area contributed by atoms with Crippen molar-refractivity contribution in [1.82, 2.24) is 15.0 Å². The van der Waals surface area contributed by atoms with E-state index in [0.717, 1.165) is 5.56 Å². The van der Waals surface area contributed by atoms with Gasteiger partial charge in [0.15, 0.2) is 11.6 Å². The molecular formula is C12H15N5O. The van der Waals surface area contributed by atoms with Gasteiger partial charge in [-0.05, 0) is 11.6 Å². The molecule has 0 bridgehead atoms. The van der Waals surface area contributed by atoms with Crippen LogP contribution in [0.5, 0.6) is 5.75 Å². The van der Waals surface area contributed by atoms with E-state index < -0.39 is 0 Å². The number of rotatable bonds is 5. The Labute approximate surface area is 105 Å². The molecule has 0 aliphatic rings. The first-order valence-corrected chi connectivity index (χ1v) is 5.54. The molecule has 0 aliphatic carbocycles. The Balaban J connectivity index is 2.14. The lowest BCUT2D eigenvalue weighted by Gasteiger charge is -2.12. The summed E-state index contributed by atoms with van der Waals surface area (Å²) in [6.45, 7) is 0.629. The topological polar surface area (TPSA) is 72.0 Å². The fourth-order valence-electron chi connectivity index (χ4n) is 1.56. The van der Waals surface area contributed by atoms with Crippen molar-refractivity contribution in [2.45, 2.75) is 6.54 Å². The predicted molar refractivity (Wildman–Crippen MR) is 69.7 cm³/mol. The van der Waals surface area contributed by atoms with E-state index in [2.05, 4.69) is 25.6 Å². The van der Waals surface area contributed by atoms with Crippen LogP contribution in [0.1, 0.15) is 5.56 Å². The summed E-state index contributed by atoms with van der Waals surface area (Å²) in [5.74, 6) is 1.91. The van der Waals surface area contributed by atoms with E-state index in [1.54, 1.807) is 26.6 Å². The summed E-state index contributed by atoms with van der Waals surface area (Å²) < 4.78 is 5.29. The summed E-state index contributed by atoms with van der Waals surface area (Å²) in [6, 6.07) is 3.89. The molecule has 6 nitrogen and oxygen atoms in total. The summed E-state index contributed by atoms with van der Waals surface area (Å²) in [5.41, 5.74) is 1.07. The van der Waals surface area contributed by atoms with Gasteiger partial charge in [0.1, 0.15) is 6.33 Å². The minimum Gasteiger partial charge on any atom is -0.490 e. The Morgan fingerprint density at radius 2 is 2.11 bits per heavy atom. The van der Waals surface area contributed by atoms with Crippen LogP contribution >= 0.6 is 0 Å². The number of methoxy groups -OCH3 is 1. The third kappa shape index (κ3) is 2.65. The molecule has 6 heteroatoms. The van der Waals surface area contributed by atoms with Crippen LogP contribution in [0.15, 0.2) is 30.9 Å². The second-order valence-electron chi connectivity index (χ2n) is 3.57. The molecule has 0 fully saturated rings. The average Bonchev–Trinajstić information content (AvgIpc) is 2.45. The second kappa shape index (κ2) is 5.81. The van der Waals surface area contributed by atoms with Crippen molar-refractivity contribution >= 4 is 11.6 Å². The van der Waals surface area contributed by atoms with Gasteiger partial charge in [-0.25, -0.2) is 9.97 Å². The Morgan fingerprint density at radius 1 is 1.28 bits per heavy atom. The minimum atomic E-state index is 0.601. The molecule has 2 N–H and O–H groups in total. The van der Waals surface area contributed by atoms with Crippen LogP contribution in [0.25, 0.3) is 0 Å². The lowest BCUT2D eigenvalue weighted by atomic mass is 10.3. The van der Waals surface area contributed by atoms with Crippen molar-refractivity contribution in [3.8, 4) is 5.75 Å². The van der Waals surface area contributed by atoms with Crippen molar-refractivity contribution in [1.29, 1.82) is 0 Å². The lowest BCUT2D eigenvalue weighted by molar-refractivity contribution is 0.415. The lowest BCUT2D eigenvalue weighted by Crippen LogP contribution is -2.06. The molecule has 0 radical (unpaired) electrons. The molecule has 0 amide bonds. The minimum absolute atomic E-state index is 0.601. The van der Waals surface area contributed by atoms with Crippen molar-refractivity contribution < 1.29 is 4.74 Å². The molecule has 0 spiro atoms. The molecule has 0 aliphatic heterocycles. The first-order chi connectivity index (χ1) is 8.85. The van der Waals surface area contributed by atoms with Crippen molar-refractivity contribution in [2.75, 3.05) is 24.8 Å². The highest BCUT2D eigenvalue weighted by Crippen LogP contribution is 2.28. The summed E-state index contributed by atoms with van der Waals surface area (Å²) in [7, 11) is 3.38. The van der Waals surface area contributed by atoms with E-state index in [9.17, 15) is 0 Å². The average molecular weight is 245 g/mol. The molecule has 94 valence electrons. The zero-order valence-corrected chi connectivity index (χ0v) is 10.3. The Hall–Kier alpha value is -2.37. The van der Waals surface area contributed by atoms with Gasteiger partial charge in [-0.2, -0.15) is 0 Å². The molecule has 0 atom stereocenters. The van der Waals surface area contributed by atoms with Gasteiger partial charge in [-0.15, -0.1) is 0 Å². The standard InChI is InChI=1S/C12H15N5O/c1-13-11-10(18-2)12(17-8-16-11)15-7-9-4-3-5-14-6-9/h3-6,8H,7H2,1-2H3,(H2,13,15,16,17). The second-order valence-corrected chi connectivity index (χ2v) is 3.57. The predicted octanol–water partition coefficient (Wildman–Crippen LogP) is 1.53. The van der Waals surface area contributed by atoms with Gasteiger partial charge in [0.25, 0.3) is 0 Å². The van der Waals surface area contributed by atoms with Gasteiger partial charge in [0.05, 0.1) is 7.11 Å². The maximum Gasteiger partial charge on any atom is 0.204 e. The van der Waals surface area contributed by atoms with Crippen LogP contribution in [-0.4, -0.2) is 29.1 Å². The number of anilines is 2. The van der Waals surface area contributed by atoms with Crippen LogP contribution in [0.2, 0.25) is 0 Å². The SMILES string of the molecule is CNc1ncnc(NCc2cccnc2)c1OC. The largest absolute Gasteiger partial charge is 0.490 e. The summed E-state index contributed by atoms with van der Waals surface area (Å²) in [6.07, 6.45) is 5.04. The van der Waals surface area contributed by atoms with Gasteiger partial charge in [0.2, 0.25) is 5.75 Å². The molecule has 2 rings (SSSR count). The van der Waals surface area contributed by atoms with Crippen molar-refractivity contribution in [2.24, 2.45) is 0 Å². The van der Waals surface area contributed by atoms with E-state index in [4.69, 9.17) is 4.74 Å². The molecule has 0 saturated heterocycles. The van der Waals surface area contributed by atoms with E-state index >= 15 is 0 Å². The zero-order valence-electron chi connectivity index (χ0n) is 10.3. The summed E-state index contributed by atoms with van der Waals surface area (Å²) in [4.78, 5) is 12.3. The smallest absolute Gasteiger partial charge is 0.204 e. The van der Waals surface area contributed by atoms with Gasteiger partial charge in [-0.3, -0.25) is 4.98 Å². The summed E-state index contributed by atoms with van der Waals surface area (Å²) in [5, 5.41) is 6.16. The molecule has 0 aromatic carbocycles. The Kier molecular flexibility index (Phi) is 3.90. The molecule has 18 heavy (non-hydrogen) atoms. The number of aromatic nitrogens is 3. The molecule has 0 saturated carbocycles. The highest BCUT2D eigenvalue weighted by molar-refractivity contribution is 5.63. The van der Waals surface area contributed by atoms with E-state index in [1.165, 1.54) is 6.33 Å². The fraction of sp³-hybridized carbons (Fsp3) is 0.250. The van der Waals surface area contributed by atoms with Crippen LogP contribution in [0.3, 0.4) is 0 Å². The maximum absolute atomic E-state index is 5.29. The van der Waals surface area contributed by atoms with Crippen LogP contribution in [-0.2, 0) is 6.54 Å². The van der Waals surface area contributed by atoms with E-state index in [0.29, 0.717) is 23.9 Å². The fourth-order valence-corrected chi connectivity index (χ4v) is 1.56. The Morgan fingerprint density at radius 3 is 2.78 bits per heavy atom. The number of pyridine rings is 1. The monoisotopic (exact) mass is 245 g/mol. The van der Waals surface area contributed by atoms with Gasteiger partial charge >= 0.3 is 0 Å². The van der Waals surface area contributed by atoms with Gasteiger partial charge in [0, 0.05) is 26.0 Å². The third-order valence-electron chi connectivity index (χ3n) is 2.43. The molecule has 2 heterocycles. The maximum atomic E-state index is 5.29. The summed E-state index contributed by atoms with van der Waals surface area (Å²) >= 11 is 0. The van der Waals surface area contributed by atoms with Gasteiger partial charge in [-0.1, -0.05) is 6.07 Å². The Bertz CT molecular complexity index is 503. The highest BCUT2D eigenvalue weighted by Gasteiger charge is 2.10. The van der Waals surface area contributed by atoms with E-state index in [1.807, 2.05) is 12.1 Å². The zero-order chi connectivity index (χ0) is 12.8. The van der Waals surface area contributed by atoms with Crippen molar-refractivity contribution in [3.63, 3.8) is 0 Å². The number of ether oxygens (including phenoxy) is 1. The number of hydrogen-bond acceptors (Lipinski definition) is 6. The third-order valence-corrected chi connectivity index (χ3v) is 2.43. The quantitative estimate of drug-likeness (QED) is 0.832. The molecule has 0 unspecified atom stereocenters. The highest BCUT2D eigenvalue weighted by atomic mass is 16.5. The van der Waals surface area contributed by atoms with Crippen molar-refractivity contribution in [3.05, 3.63) is 36.4 Å². The first-order valence-electron chi connectivity index (χ1n) is 5.54. The number of nitrogens with one attached hydrogen (secondary N) is 2. The first kappa shape index (κ1) is 12.1. The normalized spacial score (nSPS) is 9.89. The van der Waals surface area contributed by atoms with E-state index in [-0.39, 0.29) is 0 Å². The van der Waals surface area contributed by atoms with Gasteiger partial charge < -0.3 is 15.4 Å². The molecular weight excluding hydrogens is 230 g/mol. The van der Waals surface area contributed by atoms with Crippen LogP contribution in [0.4, 0.5) is 11.6 Å². The van der Waals surface area contributed by atoms with Crippen LogP contribution < -0.4 is 15.4 Å². The molecule has 2 aromatic rings. The van der Waals surface area contributed by atoms with Crippen LogP contribution in [0, 0.1) is 0 Å². The number of hydrogen-bond donors (Lipinski definition) is 2.